The Labute approximate surface area is 216 Å². The van der Waals surface area contributed by atoms with E-state index in [1.807, 2.05) is 6.92 Å². The summed E-state index contributed by atoms with van der Waals surface area (Å²) in [7, 11) is 3.05. The fraction of sp³-hybridized carbons (Fsp3) is 0.429. The van der Waals surface area contributed by atoms with Crippen molar-refractivity contribution in [3.8, 4) is 11.5 Å². The van der Waals surface area contributed by atoms with Gasteiger partial charge in [-0.3, -0.25) is 24.5 Å². The maximum atomic E-state index is 14.0. The minimum atomic E-state index is -1.41. The van der Waals surface area contributed by atoms with Crippen molar-refractivity contribution in [3.63, 3.8) is 0 Å². The van der Waals surface area contributed by atoms with Gasteiger partial charge in [-0.15, -0.1) is 0 Å². The number of benzene rings is 2. The van der Waals surface area contributed by atoms with E-state index in [9.17, 15) is 19.2 Å². The molecule has 4 atom stereocenters. The maximum Gasteiger partial charge on any atom is 0.327 e. The van der Waals surface area contributed by atoms with Gasteiger partial charge in [-0.25, -0.2) is 4.90 Å². The molecule has 2 aliphatic heterocycles. The van der Waals surface area contributed by atoms with Gasteiger partial charge < -0.3 is 14.2 Å². The molecular weight excluding hydrogens is 476 g/mol. The molecule has 9 heteroatoms. The zero-order valence-electron chi connectivity index (χ0n) is 21.7. The molecule has 0 aliphatic carbocycles. The molecule has 4 unspecified atom stereocenters. The van der Waals surface area contributed by atoms with E-state index in [1.165, 1.54) is 27.2 Å². The van der Waals surface area contributed by atoms with Crippen LogP contribution in [-0.4, -0.2) is 49.9 Å². The second-order valence-electron chi connectivity index (χ2n) is 9.29. The van der Waals surface area contributed by atoms with Gasteiger partial charge in [0.2, 0.25) is 11.8 Å². The quantitative estimate of drug-likeness (QED) is 0.312. The molecule has 2 aromatic carbocycles. The highest BCUT2D eigenvalue weighted by molar-refractivity contribution is 6.24. The van der Waals surface area contributed by atoms with Crippen LogP contribution in [0.5, 0.6) is 11.5 Å². The second-order valence-corrected chi connectivity index (χ2v) is 9.29. The zero-order valence-corrected chi connectivity index (χ0v) is 21.7. The van der Waals surface area contributed by atoms with E-state index in [-0.39, 0.29) is 12.4 Å². The van der Waals surface area contributed by atoms with Crippen molar-refractivity contribution in [1.29, 1.82) is 0 Å². The Hall–Kier alpha value is -3.72. The predicted octanol–water partition coefficient (Wildman–Crippen LogP) is 3.46. The number of hydrogen-bond acceptors (Lipinski definition) is 8. The number of esters is 1. The van der Waals surface area contributed by atoms with Gasteiger partial charge in [0.05, 0.1) is 38.3 Å². The third-order valence-electron chi connectivity index (χ3n) is 7.22. The third-order valence-corrected chi connectivity index (χ3v) is 7.22. The molecule has 2 saturated heterocycles. The van der Waals surface area contributed by atoms with Crippen molar-refractivity contribution in [1.82, 2.24) is 5.32 Å². The fourth-order valence-corrected chi connectivity index (χ4v) is 5.64. The highest BCUT2D eigenvalue weighted by atomic mass is 16.5. The van der Waals surface area contributed by atoms with E-state index >= 15 is 0 Å². The van der Waals surface area contributed by atoms with Gasteiger partial charge in [-0.2, -0.15) is 0 Å². The standard InChI is InChI=1S/C28H32N2O7/c1-6-13-28(27(34)37-7-2)23-22(24(29-28)20-12-11-19(35-4)15-21(20)36-5)25(32)30(26(23)33)18-10-8-9-17(14-18)16(3)31/h8-12,14-15,22-24,29H,6-7,13H2,1-5H3. The van der Waals surface area contributed by atoms with Crippen molar-refractivity contribution >= 4 is 29.3 Å². The van der Waals surface area contributed by atoms with Gasteiger partial charge in [0.1, 0.15) is 17.0 Å². The van der Waals surface area contributed by atoms with Crippen LogP contribution >= 0.6 is 0 Å². The molecule has 2 aliphatic rings. The number of ketones is 1. The molecule has 0 saturated carbocycles. The molecule has 9 nitrogen and oxygen atoms in total. The summed E-state index contributed by atoms with van der Waals surface area (Å²) in [6.07, 6.45) is 0.866. The van der Waals surface area contributed by atoms with E-state index in [2.05, 4.69) is 5.32 Å². The lowest BCUT2D eigenvalue weighted by molar-refractivity contribution is -0.155. The van der Waals surface area contributed by atoms with Gasteiger partial charge in [0.15, 0.2) is 5.78 Å². The van der Waals surface area contributed by atoms with E-state index in [1.54, 1.807) is 43.3 Å². The number of hydrogen-bond donors (Lipinski definition) is 1. The first-order valence-corrected chi connectivity index (χ1v) is 12.4. The number of rotatable bonds is 9. The number of Topliss-reactive ketones (excluding diaryl/α,β-unsaturated/α-hetero) is 1. The molecule has 2 amide bonds. The number of methoxy groups -OCH3 is 2. The summed E-state index contributed by atoms with van der Waals surface area (Å²) in [6, 6.07) is 10.9. The highest BCUT2D eigenvalue weighted by Crippen LogP contribution is 2.53. The van der Waals surface area contributed by atoms with Gasteiger partial charge >= 0.3 is 5.97 Å². The van der Waals surface area contributed by atoms with Crippen molar-refractivity contribution in [3.05, 3.63) is 53.6 Å². The van der Waals surface area contributed by atoms with Crippen LogP contribution in [0.4, 0.5) is 5.69 Å². The van der Waals surface area contributed by atoms with Crippen molar-refractivity contribution in [2.75, 3.05) is 25.7 Å². The number of ether oxygens (including phenoxy) is 3. The summed E-state index contributed by atoms with van der Waals surface area (Å²) in [4.78, 5) is 54.7. The van der Waals surface area contributed by atoms with Crippen LogP contribution in [-0.2, 0) is 19.1 Å². The fourth-order valence-electron chi connectivity index (χ4n) is 5.64. The normalized spacial score (nSPS) is 24.7. The Kier molecular flexibility index (Phi) is 7.36. The number of nitrogens with zero attached hydrogens (tertiary/aromatic N) is 1. The largest absolute Gasteiger partial charge is 0.497 e. The van der Waals surface area contributed by atoms with Gasteiger partial charge in [-0.1, -0.05) is 31.5 Å². The van der Waals surface area contributed by atoms with Crippen molar-refractivity contribution < 1.29 is 33.4 Å². The molecule has 2 fully saturated rings. The molecule has 37 heavy (non-hydrogen) atoms. The van der Waals surface area contributed by atoms with Crippen LogP contribution in [0.1, 0.15) is 55.6 Å². The van der Waals surface area contributed by atoms with Gasteiger partial charge in [0.25, 0.3) is 0 Å². The Morgan fingerprint density at radius 3 is 2.41 bits per heavy atom. The molecule has 0 spiro atoms. The SMILES string of the molecule is CCCC1(C(=O)OCC)NC(c2ccc(OC)cc2OC)C2C(=O)N(c3cccc(C(C)=O)c3)C(=O)C21. The molecule has 0 bridgehead atoms. The van der Waals surface area contributed by atoms with Crippen LogP contribution < -0.4 is 19.7 Å². The van der Waals surface area contributed by atoms with Gasteiger partial charge in [0, 0.05) is 23.2 Å². The van der Waals surface area contributed by atoms with Crippen LogP contribution in [0, 0.1) is 11.8 Å². The number of carbonyl (C=O) groups is 4. The van der Waals surface area contributed by atoms with Crippen LogP contribution in [0.25, 0.3) is 0 Å². The molecular formula is C28H32N2O7. The molecule has 2 heterocycles. The summed E-state index contributed by atoms with van der Waals surface area (Å²) in [5.41, 5.74) is -0.107. The first-order valence-electron chi connectivity index (χ1n) is 12.4. The Balaban J connectivity index is 1.90. The number of nitrogens with one attached hydrogen (secondary N) is 1. The lowest BCUT2D eigenvalue weighted by atomic mass is 9.77. The summed E-state index contributed by atoms with van der Waals surface area (Å²) >= 11 is 0. The van der Waals surface area contributed by atoms with Crippen LogP contribution in [0.3, 0.4) is 0 Å². The van der Waals surface area contributed by atoms with E-state index in [0.717, 1.165) is 4.90 Å². The topological polar surface area (TPSA) is 111 Å². The minimum absolute atomic E-state index is 0.131. The van der Waals surface area contributed by atoms with Crippen molar-refractivity contribution in [2.24, 2.45) is 11.8 Å². The molecule has 0 aromatic heterocycles. The summed E-state index contributed by atoms with van der Waals surface area (Å²) in [5.74, 6) is -2.57. The summed E-state index contributed by atoms with van der Waals surface area (Å²) in [5, 5.41) is 3.37. The van der Waals surface area contributed by atoms with E-state index < -0.39 is 41.2 Å². The van der Waals surface area contributed by atoms with Gasteiger partial charge in [-0.05, 0) is 38.5 Å². The third kappa shape index (κ3) is 4.27. The Morgan fingerprint density at radius 2 is 1.78 bits per heavy atom. The van der Waals surface area contributed by atoms with Crippen LogP contribution in [0.15, 0.2) is 42.5 Å². The second kappa shape index (κ2) is 10.3. The van der Waals surface area contributed by atoms with E-state index in [0.29, 0.717) is 41.2 Å². The first-order chi connectivity index (χ1) is 17.7. The van der Waals surface area contributed by atoms with E-state index in [4.69, 9.17) is 14.2 Å². The highest BCUT2D eigenvalue weighted by Gasteiger charge is 2.69. The number of imide groups is 1. The monoisotopic (exact) mass is 508 g/mol. The molecule has 2 aromatic rings. The number of anilines is 1. The average Bonchev–Trinajstić information content (AvgIpc) is 3.37. The molecule has 4 rings (SSSR count). The number of carbonyl (C=O) groups excluding carboxylic acids is 4. The summed E-state index contributed by atoms with van der Waals surface area (Å²) < 4.78 is 16.4. The smallest absolute Gasteiger partial charge is 0.327 e. The molecule has 0 radical (unpaired) electrons. The van der Waals surface area contributed by atoms with Crippen LogP contribution in [0.2, 0.25) is 0 Å². The molecule has 1 N–H and O–H groups in total. The number of amides is 2. The average molecular weight is 509 g/mol. The number of fused-ring (bicyclic) bond motifs is 1. The minimum Gasteiger partial charge on any atom is -0.497 e. The lowest BCUT2D eigenvalue weighted by Crippen LogP contribution is -2.56. The predicted molar refractivity (Wildman–Crippen MR) is 136 cm³/mol. The lowest BCUT2D eigenvalue weighted by Gasteiger charge is -2.33. The summed E-state index contributed by atoms with van der Waals surface area (Å²) in [6.45, 7) is 5.17. The van der Waals surface area contributed by atoms with Crippen molar-refractivity contribution in [2.45, 2.75) is 45.2 Å². The first kappa shape index (κ1) is 26.3. The zero-order chi connectivity index (χ0) is 26.9. The Bertz CT molecular complexity index is 1240. The molecule has 196 valence electrons. The Morgan fingerprint density at radius 1 is 1.03 bits per heavy atom. The maximum absolute atomic E-state index is 14.0.